The number of aromatic nitrogens is 3. The molecule has 7 aromatic carbocycles. The van der Waals surface area contributed by atoms with E-state index in [4.69, 9.17) is 19.4 Å². The summed E-state index contributed by atoms with van der Waals surface area (Å²) in [6, 6.07) is 57.2. The van der Waals surface area contributed by atoms with Gasteiger partial charge in [0.25, 0.3) is 0 Å². The molecular weight excluding hydrogens is 635 g/mol. The number of nitrogens with zero attached hydrogens (tertiary/aromatic N) is 3. The minimum absolute atomic E-state index is 0.131. The molecular formula is C48H33N3O. The topological polar surface area (TPSA) is 51.8 Å². The third-order valence-electron chi connectivity index (χ3n) is 10.6. The van der Waals surface area contributed by atoms with Crippen LogP contribution >= 0.6 is 0 Å². The summed E-state index contributed by atoms with van der Waals surface area (Å²) in [6.07, 6.45) is 0. The van der Waals surface area contributed by atoms with Crippen LogP contribution in [0.15, 0.2) is 168 Å². The highest BCUT2D eigenvalue weighted by Gasteiger charge is 2.37. The van der Waals surface area contributed by atoms with Gasteiger partial charge in [-0.15, -0.1) is 0 Å². The van der Waals surface area contributed by atoms with Gasteiger partial charge in [0, 0.05) is 32.9 Å². The number of fused-ring (bicyclic) bond motifs is 6. The van der Waals surface area contributed by atoms with Gasteiger partial charge in [-0.1, -0.05) is 153 Å². The lowest BCUT2D eigenvalue weighted by Gasteiger charge is -2.21. The van der Waals surface area contributed by atoms with Crippen LogP contribution in [0.25, 0.3) is 89.5 Å². The van der Waals surface area contributed by atoms with Crippen molar-refractivity contribution in [3.05, 3.63) is 175 Å². The Morgan fingerprint density at radius 3 is 1.83 bits per heavy atom. The second kappa shape index (κ2) is 11.7. The Bertz CT molecular complexity index is 2820. The molecule has 9 aromatic rings. The van der Waals surface area contributed by atoms with Gasteiger partial charge in [0.1, 0.15) is 11.2 Å². The average molecular weight is 668 g/mol. The van der Waals surface area contributed by atoms with Gasteiger partial charge in [0.05, 0.1) is 0 Å². The molecule has 0 aliphatic heterocycles. The van der Waals surface area contributed by atoms with Crippen LogP contribution in [0.1, 0.15) is 25.0 Å². The fourth-order valence-corrected chi connectivity index (χ4v) is 7.98. The van der Waals surface area contributed by atoms with Crippen molar-refractivity contribution in [1.82, 2.24) is 15.0 Å². The molecule has 1 aliphatic rings. The zero-order chi connectivity index (χ0) is 34.8. The molecule has 2 aromatic heterocycles. The van der Waals surface area contributed by atoms with E-state index in [0.717, 1.165) is 49.8 Å². The van der Waals surface area contributed by atoms with Gasteiger partial charge in [-0.2, -0.15) is 0 Å². The predicted octanol–water partition coefficient (Wildman–Crippen LogP) is 12.4. The van der Waals surface area contributed by atoms with E-state index < -0.39 is 0 Å². The van der Waals surface area contributed by atoms with Crippen molar-refractivity contribution >= 4 is 21.9 Å². The van der Waals surface area contributed by atoms with E-state index in [1.54, 1.807) is 0 Å². The summed E-state index contributed by atoms with van der Waals surface area (Å²) in [7, 11) is 0. The number of benzene rings is 7. The molecule has 0 saturated carbocycles. The van der Waals surface area contributed by atoms with E-state index in [2.05, 4.69) is 135 Å². The first-order valence-electron chi connectivity index (χ1n) is 17.7. The number of hydrogen-bond acceptors (Lipinski definition) is 4. The van der Waals surface area contributed by atoms with Crippen LogP contribution in [0.4, 0.5) is 0 Å². The second-order valence-electron chi connectivity index (χ2n) is 14.0. The molecule has 4 nitrogen and oxygen atoms in total. The molecule has 4 heteroatoms. The van der Waals surface area contributed by atoms with Gasteiger partial charge in [-0.3, -0.25) is 0 Å². The van der Waals surface area contributed by atoms with Crippen molar-refractivity contribution in [3.8, 4) is 67.5 Å². The fourth-order valence-electron chi connectivity index (χ4n) is 7.98. The van der Waals surface area contributed by atoms with Crippen LogP contribution in [-0.4, -0.2) is 15.0 Å². The van der Waals surface area contributed by atoms with E-state index in [-0.39, 0.29) is 5.41 Å². The van der Waals surface area contributed by atoms with Gasteiger partial charge < -0.3 is 4.42 Å². The summed E-state index contributed by atoms with van der Waals surface area (Å²) in [4.78, 5) is 15.4. The molecule has 0 N–H and O–H groups in total. The highest BCUT2D eigenvalue weighted by atomic mass is 16.3. The van der Waals surface area contributed by atoms with Crippen LogP contribution in [0.3, 0.4) is 0 Å². The summed E-state index contributed by atoms with van der Waals surface area (Å²) in [6.45, 7) is 4.59. The standard InChI is InChI=1S/C48H33N3O/c1-48(2)39-23-10-9-20-36(39)43-38(22-12-24-40(43)48)47-50-45(31-16-7-4-8-17-31)49-46(51-47)34-26-27-37-42(29-34)52-41-25-13-21-35(44(37)41)33-19-11-18-32(28-33)30-14-5-3-6-15-30/h3-29H,1-2H3. The number of furan rings is 1. The normalized spacial score (nSPS) is 13.0. The smallest absolute Gasteiger partial charge is 0.164 e. The van der Waals surface area contributed by atoms with E-state index in [1.165, 1.54) is 33.4 Å². The summed E-state index contributed by atoms with van der Waals surface area (Å²) >= 11 is 0. The van der Waals surface area contributed by atoms with Gasteiger partial charge in [0.2, 0.25) is 0 Å². The van der Waals surface area contributed by atoms with Crippen LogP contribution in [-0.2, 0) is 5.41 Å². The third kappa shape index (κ3) is 4.79. The maximum atomic E-state index is 6.57. The molecule has 0 fully saturated rings. The molecule has 0 bridgehead atoms. The highest BCUT2D eigenvalue weighted by molar-refractivity contribution is 6.13. The Kier molecular flexibility index (Phi) is 6.80. The molecule has 52 heavy (non-hydrogen) atoms. The SMILES string of the molecule is CC1(C)c2ccccc2-c2c(-c3nc(-c4ccccc4)nc(-c4ccc5c(c4)oc4cccc(-c6cccc(-c7ccccc7)c6)c45)n3)cccc21. The van der Waals surface area contributed by atoms with Gasteiger partial charge in [-0.25, -0.2) is 15.0 Å². The minimum Gasteiger partial charge on any atom is -0.456 e. The Balaban J connectivity index is 1.14. The Hall–Kier alpha value is -6.65. The van der Waals surface area contributed by atoms with Crippen molar-refractivity contribution in [2.24, 2.45) is 0 Å². The lowest BCUT2D eigenvalue weighted by molar-refractivity contribution is 0.660. The molecule has 0 saturated heterocycles. The van der Waals surface area contributed by atoms with Crippen LogP contribution in [0.2, 0.25) is 0 Å². The molecule has 10 rings (SSSR count). The summed E-state index contributed by atoms with van der Waals surface area (Å²) in [5.74, 6) is 1.89. The second-order valence-corrected chi connectivity index (χ2v) is 14.0. The Morgan fingerprint density at radius 1 is 0.404 bits per heavy atom. The lowest BCUT2D eigenvalue weighted by atomic mass is 9.82. The lowest BCUT2D eigenvalue weighted by Crippen LogP contribution is -2.14. The van der Waals surface area contributed by atoms with Crippen LogP contribution < -0.4 is 0 Å². The van der Waals surface area contributed by atoms with E-state index in [1.807, 2.05) is 42.5 Å². The molecule has 0 radical (unpaired) electrons. The van der Waals surface area contributed by atoms with Gasteiger partial charge in [0.15, 0.2) is 17.5 Å². The quantitative estimate of drug-likeness (QED) is 0.183. The molecule has 0 spiro atoms. The first kappa shape index (κ1) is 30.2. The summed E-state index contributed by atoms with van der Waals surface area (Å²) < 4.78 is 6.57. The molecule has 0 unspecified atom stereocenters. The van der Waals surface area contributed by atoms with Crippen molar-refractivity contribution in [1.29, 1.82) is 0 Å². The molecule has 0 amide bonds. The monoisotopic (exact) mass is 667 g/mol. The van der Waals surface area contributed by atoms with Gasteiger partial charge in [-0.05, 0) is 68.8 Å². The minimum atomic E-state index is -0.131. The fraction of sp³-hybridized carbons (Fsp3) is 0.0625. The Morgan fingerprint density at radius 2 is 1.00 bits per heavy atom. The zero-order valence-electron chi connectivity index (χ0n) is 28.8. The van der Waals surface area contributed by atoms with E-state index in [0.29, 0.717) is 17.5 Å². The van der Waals surface area contributed by atoms with E-state index >= 15 is 0 Å². The third-order valence-corrected chi connectivity index (χ3v) is 10.6. The maximum Gasteiger partial charge on any atom is 0.164 e. The molecule has 0 atom stereocenters. The number of rotatable bonds is 5. The zero-order valence-corrected chi connectivity index (χ0v) is 28.8. The van der Waals surface area contributed by atoms with E-state index in [9.17, 15) is 0 Å². The van der Waals surface area contributed by atoms with Gasteiger partial charge >= 0.3 is 0 Å². The van der Waals surface area contributed by atoms with Crippen molar-refractivity contribution in [2.75, 3.05) is 0 Å². The van der Waals surface area contributed by atoms with Crippen molar-refractivity contribution in [2.45, 2.75) is 19.3 Å². The van der Waals surface area contributed by atoms with Crippen molar-refractivity contribution in [3.63, 3.8) is 0 Å². The number of hydrogen-bond donors (Lipinski definition) is 0. The largest absolute Gasteiger partial charge is 0.456 e. The highest BCUT2D eigenvalue weighted by Crippen LogP contribution is 2.51. The average Bonchev–Trinajstić information content (AvgIpc) is 3.70. The molecule has 246 valence electrons. The van der Waals surface area contributed by atoms with Crippen molar-refractivity contribution < 1.29 is 4.42 Å². The predicted molar refractivity (Wildman–Crippen MR) is 212 cm³/mol. The van der Waals surface area contributed by atoms with Crippen LogP contribution in [0.5, 0.6) is 0 Å². The first-order valence-corrected chi connectivity index (χ1v) is 17.7. The first-order chi connectivity index (χ1) is 25.5. The maximum absolute atomic E-state index is 6.57. The summed E-state index contributed by atoms with van der Waals surface area (Å²) in [5.41, 5.74) is 14.0. The molecule has 2 heterocycles. The molecule has 1 aliphatic carbocycles. The Labute approximate surface area is 302 Å². The summed E-state index contributed by atoms with van der Waals surface area (Å²) in [5, 5.41) is 2.15. The van der Waals surface area contributed by atoms with Crippen LogP contribution in [0, 0.1) is 0 Å².